The van der Waals surface area contributed by atoms with Crippen molar-refractivity contribution in [3.63, 3.8) is 0 Å². The van der Waals surface area contributed by atoms with Gasteiger partial charge in [0.05, 0.1) is 0 Å². The summed E-state index contributed by atoms with van der Waals surface area (Å²) in [6.07, 6.45) is 4.44. The minimum atomic E-state index is -0.347. The van der Waals surface area contributed by atoms with Crippen molar-refractivity contribution in [2.45, 2.75) is 31.6 Å². The van der Waals surface area contributed by atoms with Gasteiger partial charge in [0.25, 0.3) is 5.56 Å². The highest BCUT2D eigenvalue weighted by molar-refractivity contribution is 5.77. The molecule has 0 amide bonds. The molecule has 0 bridgehead atoms. The van der Waals surface area contributed by atoms with Crippen molar-refractivity contribution in [1.82, 2.24) is 15.1 Å². The molecule has 1 fully saturated rings. The van der Waals surface area contributed by atoms with Gasteiger partial charge in [-0.15, -0.1) is 0 Å². The number of H-pyrrole nitrogens is 1. The van der Waals surface area contributed by atoms with Crippen LogP contribution in [-0.2, 0) is 0 Å². The van der Waals surface area contributed by atoms with Crippen LogP contribution in [0.2, 0.25) is 0 Å². The van der Waals surface area contributed by atoms with E-state index >= 15 is 0 Å². The van der Waals surface area contributed by atoms with Crippen LogP contribution < -0.4 is 5.56 Å². The van der Waals surface area contributed by atoms with Crippen LogP contribution >= 0.6 is 0 Å². The Bertz CT molecular complexity index is 891. The molecule has 2 N–H and O–H groups in total. The molecule has 1 aromatic carbocycles. The molecule has 0 saturated heterocycles. The Kier molecular flexibility index (Phi) is 2.96. The summed E-state index contributed by atoms with van der Waals surface area (Å²) in [5, 5.41) is 13.7. The van der Waals surface area contributed by atoms with Crippen LogP contribution in [-0.4, -0.2) is 20.2 Å². The molecular weight excluding hydrogens is 282 g/mol. The second kappa shape index (κ2) is 4.98. The molecule has 1 saturated carbocycles. The number of aromatic amines is 1. The molecule has 6 nitrogen and oxygen atoms in total. The van der Waals surface area contributed by atoms with Gasteiger partial charge in [-0.3, -0.25) is 4.79 Å². The fourth-order valence-electron chi connectivity index (χ4n) is 3.12. The summed E-state index contributed by atoms with van der Waals surface area (Å²) in [6.45, 7) is 0. The first-order chi connectivity index (χ1) is 10.7. The summed E-state index contributed by atoms with van der Waals surface area (Å²) in [4.78, 5) is 19.4. The molecular formula is C16H15N3O3. The normalized spacial score (nSPS) is 15.6. The van der Waals surface area contributed by atoms with Crippen molar-refractivity contribution in [1.29, 1.82) is 0 Å². The van der Waals surface area contributed by atoms with Gasteiger partial charge >= 0.3 is 0 Å². The fraction of sp³-hybridized carbons (Fsp3) is 0.312. The summed E-state index contributed by atoms with van der Waals surface area (Å²) in [5.74, 6) is 0.852. The molecule has 6 heteroatoms. The first-order valence-electron chi connectivity index (χ1n) is 7.41. The average molecular weight is 297 g/mol. The Morgan fingerprint density at radius 3 is 2.86 bits per heavy atom. The number of benzene rings is 1. The number of nitrogens with one attached hydrogen (secondary N) is 1. The highest BCUT2D eigenvalue weighted by Crippen LogP contribution is 2.36. The molecule has 3 aromatic rings. The lowest BCUT2D eigenvalue weighted by Crippen LogP contribution is -2.09. The summed E-state index contributed by atoms with van der Waals surface area (Å²) in [7, 11) is 0. The Labute approximate surface area is 125 Å². The molecule has 0 aliphatic heterocycles. The zero-order chi connectivity index (χ0) is 15.1. The number of rotatable bonds is 2. The Morgan fingerprint density at radius 1 is 1.27 bits per heavy atom. The van der Waals surface area contributed by atoms with E-state index in [9.17, 15) is 9.90 Å². The van der Waals surface area contributed by atoms with Gasteiger partial charge in [0.15, 0.2) is 0 Å². The Morgan fingerprint density at radius 2 is 2.09 bits per heavy atom. The third-order valence-corrected chi connectivity index (χ3v) is 4.22. The van der Waals surface area contributed by atoms with E-state index in [-0.39, 0.29) is 16.9 Å². The predicted octanol–water partition coefficient (Wildman–Crippen LogP) is 2.94. The van der Waals surface area contributed by atoms with Crippen molar-refractivity contribution in [2.75, 3.05) is 0 Å². The lowest BCUT2D eigenvalue weighted by molar-refractivity contribution is 0.434. The van der Waals surface area contributed by atoms with Crippen LogP contribution in [0.4, 0.5) is 0 Å². The number of aromatic hydroxyl groups is 1. The minimum absolute atomic E-state index is 0.126. The lowest BCUT2D eigenvalue weighted by Gasteiger charge is -2.05. The van der Waals surface area contributed by atoms with Gasteiger partial charge < -0.3 is 14.6 Å². The molecule has 22 heavy (non-hydrogen) atoms. The smallest absolute Gasteiger partial charge is 0.297 e. The van der Waals surface area contributed by atoms with Crippen LogP contribution in [0.25, 0.3) is 22.5 Å². The number of aromatic nitrogens is 3. The molecule has 112 valence electrons. The van der Waals surface area contributed by atoms with E-state index in [0.717, 1.165) is 18.5 Å². The molecule has 0 spiro atoms. The van der Waals surface area contributed by atoms with Crippen LogP contribution in [0, 0.1) is 0 Å². The summed E-state index contributed by atoms with van der Waals surface area (Å²) in [5.41, 5.74) is 1.79. The van der Waals surface area contributed by atoms with E-state index < -0.39 is 0 Å². The van der Waals surface area contributed by atoms with E-state index in [1.165, 1.54) is 12.8 Å². The van der Waals surface area contributed by atoms with Crippen molar-refractivity contribution in [2.24, 2.45) is 0 Å². The topological polar surface area (TPSA) is 92.0 Å². The molecule has 2 heterocycles. The SMILES string of the molecule is O=c1[nH]c(-c2cccc(O)c2)nc2c(C3CCCC3)noc12. The molecule has 0 radical (unpaired) electrons. The third kappa shape index (κ3) is 2.07. The van der Waals surface area contributed by atoms with Gasteiger partial charge in [0, 0.05) is 11.5 Å². The fourth-order valence-corrected chi connectivity index (χ4v) is 3.12. The number of phenols is 1. The number of hydrogen-bond acceptors (Lipinski definition) is 5. The summed E-state index contributed by atoms with van der Waals surface area (Å²) in [6, 6.07) is 6.63. The number of fused-ring (bicyclic) bond motifs is 1. The maximum Gasteiger partial charge on any atom is 0.297 e. The highest BCUT2D eigenvalue weighted by atomic mass is 16.5. The molecule has 1 aliphatic rings. The van der Waals surface area contributed by atoms with Gasteiger partial charge in [-0.05, 0) is 25.0 Å². The van der Waals surface area contributed by atoms with E-state index in [2.05, 4.69) is 15.1 Å². The first-order valence-corrected chi connectivity index (χ1v) is 7.41. The molecule has 0 atom stereocenters. The standard InChI is InChI=1S/C16H15N3O3/c20-11-7-3-6-10(8-11)15-17-13-12(9-4-1-2-5-9)19-22-14(13)16(21)18-15/h3,6-9,20H,1-2,4-5H2,(H,17,18,21). The minimum Gasteiger partial charge on any atom is -0.508 e. The van der Waals surface area contributed by atoms with Crippen molar-refractivity contribution in [3.05, 3.63) is 40.3 Å². The zero-order valence-corrected chi connectivity index (χ0v) is 11.9. The van der Waals surface area contributed by atoms with E-state index in [1.54, 1.807) is 24.3 Å². The van der Waals surface area contributed by atoms with E-state index in [1.807, 2.05) is 0 Å². The van der Waals surface area contributed by atoms with Crippen molar-refractivity contribution in [3.8, 4) is 17.1 Å². The van der Waals surface area contributed by atoms with Crippen LogP contribution in [0.5, 0.6) is 5.75 Å². The van der Waals surface area contributed by atoms with Crippen LogP contribution in [0.1, 0.15) is 37.3 Å². The number of nitrogens with zero attached hydrogens (tertiary/aromatic N) is 2. The van der Waals surface area contributed by atoms with Gasteiger partial charge in [-0.2, -0.15) is 0 Å². The van der Waals surface area contributed by atoms with Crippen molar-refractivity contribution < 1.29 is 9.63 Å². The van der Waals surface area contributed by atoms with Crippen LogP contribution in [0.15, 0.2) is 33.6 Å². The first kappa shape index (κ1) is 13.1. The zero-order valence-electron chi connectivity index (χ0n) is 11.9. The summed E-state index contributed by atoms with van der Waals surface area (Å²) < 4.78 is 5.20. The average Bonchev–Trinajstić information content (AvgIpc) is 3.15. The maximum absolute atomic E-state index is 12.2. The quantitative estimate of drug-likeness (QED) is 0.758. The van der Waals surface area contributed by atoms with Gasteiger partial charge in [0.2, 0.25) is 5.58 Å². The van der Waals surface area contributed by atoms with Gasteiger partial charge in [-0.25, -0.2) is 4.98 Å². The molecule has 1 aliphatic carbocycles. The van der Waals surface area contributed by atoms with Gasteiger partial charge in [-0.1, -0.05) is 30.1 Å². The van der Waals surface area contributed by atoms with E-state index in [0.29, 0.717) is 22.8 Å². The summed E-state index contributed by atoms with van der Waals surface area (Å²) >= 11 is 0. The monoisotopic (exact) mass is 297 g/mol. The molecule has 2 aromatic heterocycles. The molecule has 0 unspecified atom stereocenters. The molecule has 4 rings (SSSR count). The predicted molar refractivity (Wildman–Crippen MR) is 80.7 cm³/mol. The second-order valence-corrected chi connectivity index (χ2v) is 5.69. The van der Waals surface area contributed by atoms with E-state index in [4.69, 9.17) is 4.52 Å². The van der Waals surface area contributed by atoms with Crippen LogP contribution in [0.3, 0.4) is 0 Å². The number of hydrogen-bond donors (Lipinski definition) is 2. The second-order valence-electron chi connectivity index (χ2n) is 5.69. The maximum atomic E-state index is 12.2. The largest absolute Gasteiger partial charge is 0.508 e. The van der Waals surface area contributed by atoms with Gasteiger partial charge in [0.1, 0.15) is 22.8 Å². The third-order valence-electron chi connectivity index (χ3n) is 4.22. The number of phenolic OH excluding ortho intramolecular Hbond substituents is 1. The lowest BCUT2D eigenvalue weighted by atomic mass is 10.0. The van der Waals surface area contributed by atoms with Crippen molar-refractivity contribution >= 4 is 11.1 Å². The highest BCUT2D eigenvalue weighted by Gasteiger charge is 2.25. The Hall–Kier alpha value is -2.63. The Balaban J connectivity index is 1.90.